The summed E-state index contributed by atoms with van der Waals surface area (Å²) in [6, 6.07) is 9.43. The number of pyridine rings is 1. The Bertz CT molecular complexity index is 1160. The first-order chi connectivity index (χ1) is 16.5. The third-order valence-corrected chi connectivity index (χ3v) is 6.60. The maximum Gasteiger partial charge on any atom is 0.255 e. The number of amides is 1. The van der Waals surface area contributed by atoms with Crippen LogP contribution in [0.2, 0.25) is 0 Å². The number of piperazine rings is 1. The minimum Gasteiger partial charge on any atom is -0.338 e. The molecule has 2 aromatic heterocycles. The number of carbonyl (C=O) groups excluding carboxylic acids is 1. The lowest BCUT2D eigenvalue weighted by Crippen LogP contribution is -2.45. The third kappa shape index (κ3) is 5.79. The highest BCUT2D eigenvalue weighted by Crippen LogP contribution is 2.24. The molecule has 1 aliphatic heterocycles. The predicted molar refractivity (Wildman–Crippen MR) is 143 cm³/mol. The van der Waals surface area contributed by atoms with Crippen LogP contribution in [0, 0.1) is 6.92 Å². The van der Waals surface area contributed by atoms with Crippen LogP contribution in [0.25, 0.3) is 0 Å². The maximum absolute atomic E-state index is 13.0. The number of alkyl halides is 1. The Balaban J connectivity index is 1.53. The van der Waals surface area contributed by atoms with Gasteiger partial charge in [0.05, 0.1) is 0 Å². The highest BCUT2D eigenvalue weighted by molar-refractivity contribution is 14.1. The van der Waals surface area contributed by atoms with Crippen LogP contribution in [-0.2, 0) is 10.8 Å². The van der Waals surface area contributed by atoms with Gasteiger partial charge in [-0.3, -0.25) is 4.79 Å². The highest BCUT2D eigenvalue weighted by Gasteiger charge is 2.19. The zero-order chi connectivity index (χ0) is 24.1. The molecule has 4 rings (SSSR count). The number of hydrogen-bond donors (Lipinski definition) is 2. The van der Waals surface area contributed by atoms with E-state index < -0.39 is 0 Å². The molecule has 0 spiro atoms. The molecule has 2 N–H and O–H groups in total. The fourth-order valence-corrected chi connectivity index (χ4v) is 4.36. The fourth-order valence-electron chi connectivity index (χ4n) is 3.73. The lowest BCUT2D eigenvalue weighted by atomic mass is 10.1. The SMILES string of the molecule is CCc1nc(Nc2cc(C(=O)Nc3c(C)cccc3CI)ccn2)nc(N2CCN(C)CC2)n1. The molecule has 3 aromatic rings. The van der Waals surface area contributed by atoms with Crippen molar-refractivity contribution >= 4 is 51.9 Å². The third-order valence-electron chi connectivity index (χ3n) is 5.78. The van der Waals surface area contributed by atoms with Crippen molar-refractivity contribution in [2.75, 3.05) is 48.8 Å². The summed E-state index contributed by atoms with van der Waals surface area (Å²) in [5.41, 5.74) is 3.48. The first-order valence-electron chi connectivity index (χ1n) is 11.3. The van der Waals surface area contributed by atoms with Crippen LogP contribution in [0.1, 0.15) is 34.2 Å². The Morgan fingerprint density at radius 1 is 1.12 bits per heavy atom. The summed E-state index contributed by atoms with van der Waals surface area (Å²) in [6.45, 7) is 7.69. The summed E-state index contributed by atoms with van der Waals surface area (Å²) in [7, 11) is 2.12. The van der Waals surface area contributed by atoms with E-state index in [1.165, 1.54) is 0 Å². The largest absolute Gasteiger partial charge is 0.338 e. The molecule has 1 amide bonds. The summed E-state index contributed by atoms with van der Waals surface area (Å²) >= 11 is 2.30. The quantitative estimate of drug-likeness (QED) is 0.326. The zero-order valence-corrected chi connectivity index (χ0v) is 21.8. The van der Waals surface area contributed by atoms with Gasteiger partial charge in [0, 0.05) is 54.5 Å². The summed E-state index contributed by atoms with van der Waals surface area (Å²) in [5.74, 6) is 2.13. The fraction of sp³-hybridized carbons (Fsp3) is 0.375. The molecule has 0 bridgehead atoms. The topological polar surface area (TPSA) is 99.2 Å². The van der Waals surface area contributed by atoms with Gasteiger partial charge in [0.2, 0.25) is 11.9 Å². The van der Waals surface area contributed by atoms with Crippen molar-refractivity contribution in [2.24, 2.45) is 0 Å². The number of halogens is 1. The molecule has 9 nitrogen and oxygen atoms in total. The number of aromatic nitrogens is 4. The van der Waals surface area contributed by atoms with E-state index in [0.29, 0.717) is 35.5 Å². The standard InChI is InChI=1S/C24H29IN8O/c1-4-19-27-23(31-24(29-19)33-12-10-32(3)11-13-33)28-20-14-17(8-9-26-20)22(34)30-21-16(2)6-5-7-18(21)15-25/h5-9,14H,4,10-13,15H2,1-3H3,(H,30,34)(H,26,27,28,29,31). The van der Waals surface area contributed by atoms with Gasteiger partial charge in [-0.2, -0.15) is 15.0 Å². The van der Waals surface area contributed by atoms with E-state index in [0.717, 1.165) is 47.4 Å². The summed E-state index contributed by atoms with van der Waals surface area (Å²) < 4.78 is 0.812. The van der Waals surface area contributed by atoms with Gasteiger partial charge in [-0.15, -0.1) is 0 Å². The second kappa shape index (κ2) is 11.0. The molecule has 0 unspecified atom stereocenters. The number of carbonyl (C=O) groups is 1. The van der Waals surface area contributed by atoms with Crippen LogP contribution in [0.3, 0.4) is 0 Å². The molecule has 0 aliphatic carbocycles. The summed E-state index contributed by atoms with van der Waals surface area (Å²) in [4.78, 5) is 35.6. The molecular weight excluding hydrogens is 543 g/mol. The van der Waals surface area contributed by atoms with E-state index in [4.69, 9.17) is 0 Å². The summed E-state index contributed by atoms with van der Waals surface area (Å²) in [6.07, 6.45) is 2.31. The predicted octanol–water partition coefficient (Wildman–Crippen LogP) is 3.82. The second-order valence-corrected chi connectivity index (χ2v) is 9.03. The average molecular weight is 572 g/mol. The normalized spacial score (nSPS) is 14.2. The number of likely N-dealkylation sites (N-methyl/N-ethyl adjacent to an activating group) is 1. The monoisotopic (exact) mass is 572 g/mol. The Morgan fingerprint density at radius 3 is 2.65 bits per heavy atom. The van der Waals surface area contributed by atoms with Gasteiger partial charge in [-0.05, 0) is 37.2 Å². The molecule has 178 valence electrons. The molecule has 34 heavy (non-hydrogen) atoms. The second-order valence-electron chi connectivity index (χ2n) is 8.27. The number of rotatable bonds is 7. The number of benzene rings is 1. The van der Waals surface area contributed by atoms with Crippen molar-refractivity contribution in [3.63, 3.8) is 0 Å². The minimum absolute atomic E-state index is 0.186. The lowest BCUT2D eigenvalue weighted by Gasteiger charge is -2.32. The number of para-hydroxylation sites is 1. The van der Waals surface area contributed by atoms with Crippen LogP contribution in [-0.4, -0.2) is 64.0 Å². The number of hydrogen-bond acceptors (Lipinski definition) is 8. The van der Waals surface area contributed by atoms with E-state index in [1.807, 2.05) is 32.0 Å². The highest BCUT2D eigenvalue weighted by atomic mass is 127. The average Bonchev–Trinajstić information content (AvgIpc) is 2.85. The van der Waals surface area contributed by atoms with Crippen molar-refractivity contribution in [2.45, 2.75) is 24.7 Å². The Morgan fingerprint density at radius 2 is 1.91 bits per heavy atom. The van der Waals surface area contributed by atoms with Crippen molar-refractivity contribution in [1.82, 2.24) is 24.8 Å². The van der Waals surface area contributed by atoms with Gasteiger partial charge in [-0.1, -0.05) is 47.7 Å². The molecule has 1 aromatic carbocycles. The lowest BCUT2D eigenvalue weighted by molar-refractivity contribution is 0.102. The molecule has 3 heterocycles. The van der Waals surface area contributed by atoms with Gasteiger partial charge in [0.25, 0.3) is 5.91 Å². The Kier molecular flexibility index (Phi) is 7.88. The number of nitrogens with zero attached hydrogens (tertiary/aromatic N) is 6. The van der Waals surface area contributed by atoms with Crippen LogP contribution >= 0.6 is 22.6 Å². The molecular formula is C24H29IN8O. The first-order valence-corrected chi connectivity index (χ1v) is 12.9. The molecule has 0 atom stereocenters. The molecule has 1 saturated heterocycles. The van der Waals surface area contributed by atoms with Gasteiger partial charge >= 0.3 is 0 Å². The van der Waals surface area contributed by atoms with Crippen LogP contribution in [0.4, 0.5) is 23.4 Å². The molecule has 1 aliphatic rings. The van der Waals surface area contributed by atoms with Crippen molar-refractivity contribution < 1.29 is 4.79 Å². The maximum atomic E-state index is 13.0. The number of anilines is 4. The summed E-state index contributed by atoms with van der Waals surface area (Å²) in [5, 5.41) is 6.23. The van der Waals surface area contributed by atoms with Crippen molar-refractivity contribution in [3.05, 3.63) is 59.0 Å². The Labute approximate surface area is 213 Å². The van der Waals surface area contributed by atoms with Gasteiger partial charge in [0.1, 0.15) is 11.6 Å². The van der Waals surface area contributed by atoms with Gasteiger partial charge in [-0.25, -0.2) is 4.98 Å². The molecule has 10 heteroatoms. The first kappa shape index (κ1) is 24.3. The number of nitrogens with one attached hydrogen (secondary N) is 2. The zero-order valence-electron chi connectivity index (χ0n) is 19.7. The van der Waals surface area contributed by atoms with E-state index in [2.05, 4.69) is 70.0 Å². The van der Waals surface area contributed by atoms with Gasteiger partial charge in [0.15, 0.2) is 0 Å². The van der Waals surface area contributed by atoms with E-state index in [-0.39, 0.29) is 5.91 Å². The van der Waals surface area contributed by atoms with Crippen molar-refractivity contribution in [3.8, 4) is 0 Å². The van der Waals surface area contributed by atoms with E-state index >= 15 is 0 Å². The molecule has 1 fully saturated rings. The molecule has 0 radical (unpaired) electrons. The van der Waals surface area contributed by atoms with Crippen LogP contribution in [0.5, 0.6) is 0 Å². The van der Waals surface area contributed by atoms with Crippen LogP contribution in [0.15, 0.2) is 36.5 Å². The molecule has 0 saturated carbocycles. The minimum atomic E-state index is -0.186. The number of aryl methyl sites for hydroxylation is 2. The smallest absolute Gasteiger partial charge is 0.255 e. The van der Waals surface area contributed by atoms with E-state index in [9.17, 15) is 4.79 Å². The van der Waals surface area contributed by atoms with Crippen molar-refractivity contribution in [1.29, 1.82) is 0 Å². The Hall–Kier alpha value is -2.86. The van der Waals surface area contributed by atoms with E-state index in [1.54, 1.807) is 18.3 Å². The van der Waals surface area contributed by atoms with Gasteiger partial charge < -0.3 is 20.4 Å². The van der Waals surface area contributed by atoms with Crippen LogP contribution < -0.4 is 15.5 Å².